The number of likely N-dealkylation sites (tertiary alicyclic amines) is 1. The fourth-order valence-corrected chi connectivity index (χ4v) is 2.70. The van der Waals surface area contributed by atoms with E-state index in [1.165, 1.54) is 24.3 Å². The third-order valence-corrected chi connectivity index (χ3v) is 4.17. The van der Waals surface area contributed by atoms with Crippen molar-refractivity contribution in [2.45, 2.75) is 31.7 Å². The van der Waals surface area contributed by atoms with Crippen molar-refractivity contribution >= 4 is 11.8 Å². The van der Waals surface area contributed by atoms with Crippen LogP contribution in [0.5, 0.6) is 0 Å². The maximum absolute atomic E-state index is 12.8. The highest BCUT2D eigenvalue weighted by molar-refractivity contribution is 5.94. The first-order valence-electron chi connectivity index (χ1n) is 7.49. The van der Waals surface area contributed by atoms with Gasteiger partial charge < -0.3 is 10.2 Å². The van der Waals surface area contributed by atoms with E-state index >= 15 is 0 Å². The highest BCUT2D eigenvalue weighted by Gasteiger charge is 2.35. The van der Waals surface area contributed by atoms with E-state index in [0.717, 1.165) is 25.7 Å². The minimum atomic E-state index is -0.349. The molecule has 0 spiro atoms. The standard InChI is InChI=1S/C16H19FN2O2/c17-13-5-3-11(4-6-13)15(20)18-14-7-9-19(10-8-14)16(21)12-1-2-12/h3-6,12,14H,1-2,7-10H2,(H,18,20). The van der Waals surface area contributed by atoms with Crippen molar-refractivity contribution < 1.29 is 14.0 Å². The van der Waals surface area contributed by atoms with Gasteiger partial charge in [0.2, 0.25) is 5.91 Å². The molecule has 112 valence electrons. The average molecular weight is 290 g/mol. The van der Waals surface area contributed by atoms with Crippen molar-refractivity contribution in [1.82, 2.24) is 10.2 Å². The van der Waals surface area contributed by atoms with Crippen LogP contribution in [-0.4, -0.2) is 35.8 Å². The quantitative estimate of drug-likeness (QED) is 0.925. The first-order valence-corrected chi connectivity index (χ1v) is 7.49. The molecule has 0 unspecified atom stereocenters. The van der Waals surface area contributed by atoms with Gasteiger partial charge in [-0.05, 0) is 49.9 Å². The van der Waals surface area contributed by atoms with E-state index in [2.05, 4.69) is 5.32 Å². The van der Waals surface area contributed by atoms with Gasteiger partial charge in [0.05, 0.1) is 0 Å². The Kier molecular flexibility index (Phi) is 3.90. The van der Waals surface area contributed by atoms with Crippen LogP contribution in [-0.2, 0) is 4.79 Å². The van der Waals surface area contributed by atoms with Gasteiger partial charge >= 0.3 is 0 Å². The summed E-state index contributed by atoms with van der Waals surface area (Å²) >= 11 is 0. The number of amides is 2. The van der Waals surface area contributed by atoms with Gasteiger partial charge in [0, 0.05) is 30.6 Å². The van der Waals surface area contributed by atoms with Gasteiger partial charge in [-0.25, -0.2) is 4.39 Å². The molecule has 1 saturated heterocycles. The lowest BCUT2D eigenvalue weighted by molar-refractivity contribution is -0.133. The molecule has 1 aromatic rings. The minimum Gasteiger partial charge on any atom is -0.349 e. The summed E-state index contributed by atoms with van der Waals surface area (Å²) in [6.45, 7) is 1.42. The summed E-state index contributed by atoms with van der Waals surface area (Å²) in [6.07, 6.45) is 3.62. The summed E-state index contributed by atoms with van der Waals surface area (Å²) in [5.41, 5.74) is 0.466. The third-order valence-electron chi connectivity index (χ3n) is 4.17. The molecule has 1 N–H and O–H groups in total. The summed E-state index contributed by atoms with van der Waals surface area (Å²) in [5, 5.41) is 2.96. The van der Waals surface area contributed by atoms with Gasteiger partial charge in [-0.2, -0.15) is 0 Å². The number of rotatable bonds is 3. The molecule has 21 heavy (non-hydrogen) atoms. The van der Waals surface area contributed by atoms with E-state index < -0.39 is 0 Å². The zero-order valence-corrected chi connectivity index (χ0v) is 11.8. The number of carbonyl (C=O) groups excluding carboxylic acids is 2. The molecule has 0 atom stereocenters. The first kappa shape index (κ1) is 14.0. The maximum atomic E-state index is 12.8. The van der Waals surface area contributed by atoms with Crippen LogP contribution in [0.3, 0.4) is 0 Å². The van der Waals surface area contributed by atoms with Crippen LogP contribution in [0, 0.1) is 11.7 Å². The minimum absolute atomic E-state index is 0.0887. The molecule has 3 rings (SSSR count). The van der Waals surface area contributed by atoms with Crippen LogP contribution >= 0.6 is 0 Å². The molecule has 1 aliphatic carbocycles. The van der Waals surface area contributed by atoms with E-state index in [9.17, 15) is 14.0 Å². The van der Waals surface area contributed by atoms with Crippen molar-refractivity contribution in [3.63, 3.8) is 0 Å². The highest BCUT2D eigenvalue weighted by atomic mass is 19.1. The molecule has 2 fully saturated rings. The third kappa shape index (κ3) is 3.40. The van der Waals surface area contributed by atoms with Crippen molar-refractivity contribution in [2.75, 3.05) is 13.1 Å². The van der Waals surface area contributed by atoms with Gasteiger partial charge in [0.15, 0.2) is 0 Å². The lowest BCUT2D eigenvalue weighted by atomic mass is 10.0. The van der Waals surface area contributed by atoms with E-state index in [4.69, 9.17) is 0 Å². The Balaban J connectivity index is 1.49. The first-order chi connectivity index (χ1) is 10.1. The van der Waals surface area contributed by atoms with Crippen LogP contribution in [0.25, 0.3) is 0 Å². The zero-order valence-electron chi connectivity index (χ0n) is 11.8. The number of halogens is 1. The number of piperidine rings is 1. The lowest BCUT2D eigenvalue weighted by Gasteiger charge is -2.32. The van der Waals surface area contributed by atoms with E-state index in [1.807, 2.05) is 4.90 Å². The van der Waals surface area contributed by atoms with Crippen molar-refractivity contribution in [3.05, 3.63) is 35.6 Å². The highest BCUT2D eigenvalue weighted by Crippen LogP contribution is 2.31. The van der Waals surface area contributed by atoms with Crippen molar-refractivity contribution in [2.24, 2.45) is 5.92 Å². The number of benzene rings is 1. The molecule has 1 heterocycles. The van der Waals surface area contributed by atoms with E-state index in [1.54, 1.807) is 0 Å². The number of carbonyl (C=O) groups is 2. The van der Waals surface area contributed by atoms with Crippen LogP contribution in [0.4, 0.5) is 4.39 Å². The molecule has 0 aromatic heterocycles. The molecule has 2 amide bonds. The van der Waals surface area contributed by atoms with Crippen molar-refractivity contribution in [3.8, 4) is 0 Å². The van der Waals surface area contributed by atoms with Crippen LogP contribution < -0.4 is 5.32 Å². The zero-order chi connectivity index (χ0) is 14.8. The van der Waals surface area contributed by atoms with Gasteiger partial charge in [0.1, 0.15) is 5.82 Å². The number of hydrogen-bond donors (Lipinski definition) is 1. The van der Waals surface area contributed by atoms with Crippen LogP contribution in [0.2, 0.25) is 0 Å². The average Bonchev–Trinajstić information content (AvgIpc) is 3.32. The molecular weight excluding hydrogens is 271 g/mol. The smallest absolute Gasteiger partial charge is 0.251 e. The molecule has 4 nitrogen and oxygen atoms in total. The predicted octanol–water partition coefficient (Wildman–Crippen LogP) is 1.96. The van der Waals surface area contributed by atoms with E-state index in [0.29, 0.717) is 18.7 Å². The fourth-order valence-electron chi connectivity index (χ4n) is 2.70. The predicted molar refractivity (Wildman–Crippen MR) is 76.2 cm³/mol. The van der Waals surface area contributed by atoms with Gasteiger partial charge in [-0.3, -0.25) is 9.59 Å². The summed E-state index contributed by atoms with van der Waals surface area (Å²) in [7, 11) is 0. The Morgan fingerprint density at radius 3 is 2.24 bits per heavy atom. The van der Waals surface area contributed by atoms with E-state index in [-0.39, 0.29) is 29.6 Å². The lowest BCUT2D eigenvalue weighted by Crippen LogP contribution is -2.47. The second kappa shape index (κ2) is 5.84. The Bertz CT molecular complexity index is 532. The topological polar surface area (TPSA) is 49.4 Å². The largest absolute Gasteiger partial charge is 0.349 e. The Morgan fingerprint density at radius 1 is 1.05 bits per heavy atom. The Morgan fingerprint density at radius 2 is 1.67 bits per heavy atom. The molecule has 1 aromatic carbocycles. The number of nitrogens with one attached hydrogen (secondary N) is 1. The number of nitrogens with zero attached hydrogens (tertiary/aromatic N) is 1. The molecule has 5 heteroatoms. The summed E-state index contributed by atoms with van der Waals surface area (Å²) in [4.78, 5) is 25.9. The molecule has 1 saturated carbocycles. The molecule has 0 bridgehead atoms. The summed E-state index contributed by atoms with van der Waals surface area (Å²) < 4.78 is 12.8. The van der Waals surface area contributed by atoms with Gasteiger partial charge in [-0.15, -0.1) is 0 Å². The second-order valence-corrected chi connectivity index (χ2v) is 5.85. The van der Waals surface area contributed by atoms with Gasteiger partial charge in [-0.1, -0.05) is 0 Å². The monoisotopic (exact) mass is 290 g/mol. The second-order valence-electron chi connectivity index (χ2n) is 5.85. The Hall–Kier alpha value is -1.91. The number of hydrogen-bond acceptors (Lipinski definition) is 2. The molecular formula is C16H19FN2O2. The van der Waals surface area contributed by atoms with Crippen LogP contribution in [0.1, 0.15) is 36.0 Å². The molecule has 2 aliphatic rings. The molecule has 1 aliphatic heterocycles. The SMILES string of the molecule is O=C(NC1CCN(C(=O)C2CC2)CC1)c1ccc(F)cc1. The molecule has 0 radical (unpaired) electrons. The summed E-state index contributed by atoms with van der Waals surface area (Å²) in [6, 6.07) is 5.62. The van der Waals surface area contributed by atoms with Crippen LogP contribution in [0.15, 0.2) is 24.3 Å². The van der Waals surface area contributed by atoms with Gasteiger partial charge in [0.25, 0.3) is 5.91 Å². The summed E-state index contributed by atoms with van der Waals surface area (Å²) in [5.74, 6) is 0.00841. The maximum Gasteiger partial charge on any atom is 0.251 e. The normalized spacial score (nSPS) is 19.4. The Labute approximate surface area is 123 Å². The van der Waals surface area contributed by atoms with Crippen molar-refractivity contribution in [1.29, 1.82) is 0 Å². The fraction of sp³-hybridized carbons (Fsp3) is 0.500.